The van der Waals surface area contributed by atoms with Gasteiger partial charge in [-0.05, 0) is 49.6 Å². The summed E-state index contributed by atoms with van der Waals surface area (Å²) in [6.07, 6.45) is 3.02. The van der Waals surface area contributed by atoms with Gasteiger partial charge < -0.3 is 19.1 Å². The van der Waals surface area contributed by atoms with Crippen molar-refractivity contribution in [2.75, 3.05) is 25.2 Å². The van der Waals surface area contributed by atoms with Crippen molar-refractivity contribution in [1.29, 1.82) is 0 Å². The third-order valence-corrected chi connectivity index (χ3v) is 6.45. The van der Waals surface area contributed by atoms with Crippen LogP contribution in [0.2, 0.25) is 0 Å². The zero-order valence-corrected chi connectivity index (χ0v) is 18.9. The molecule has 4 heterocycles. The van der Waals surface area contributed by atoms with Crippen LogP contribution in [0.5, 0.6) is 17.4 Å². The van der Waals surface area contributed by atoms with Gasteiger partial charge in [0.2, 0.25) is 5.88 Å². The quantitative estimate of drug-likeness (QED) is 0.564. The van der Waals surface area contributed by atoms with Crippen molar-refractivity contribution in [2.24, 2.45) is 0 Å². The third kappa shape index (κ3) is 4.09. The number of hydrogen-bond donors (Lipinski definition) is 0. The van der Waals surface area contributed by atoms with Gasteiger partial charge in [0.05, 0.1) is 18.3 Å². The van der Waals surface area contributed by atoms with Crippen LogP contribution in [0.4, 0.5) is 14.6 Å². The summed E-state index contributed by atoms with van der Waals surface area (Å²) in [5.41, 5.74) is 0.394. The highest BCUT2D eigenvalue weighted by Gasteiger charge is 2.44. The van der Waals surface area contributed by atoms with Gasteiger partial charge in [0.25, 0.3) is 0 Å². The first-order valence-electron chi connectivity index (χ1n) is 11.0. The largest absolute Gasteiger partial charge is 0.473 e. The van der Waals surface area contributed by atoms with E-state index in [2.05, 4.69) is 14.9 Å². The maximum atomic E-state index is 14.6. The molecule has 2 aliphatic heterocycles. The summed E-state index contributed by atoms with van der Waals surface area (Å²) in [6.45, 7) is 3.45. The first kappa shape index (κ1) is 22.3. The summed E-state index contributed by atoms with van der Waals surface area (Å²) >= 11 is 0. The molecular formula is C24H24F2N4O4. The summed E-state index contributed by atoms with van der Waals surface area (Å²) in [7, 11) is 1.94. The van der Waals surface area contributed by atoms with Crippen molar-refractivity contribution in [1.82, 2.24) is 14.5 Å². The van der Waals surface area contributed by atoms with E-state index in [1.165, 1.54) is 6.20 Å². The molecule has 8 nitrogen and oxygen atoms in total. The molecule has 5 rings (SSSR count). The number of halogens is 2. The molecule has 2 aliphatic rings. The Kier molecular flexibility index (Phi) is 5.68. The predicted molar refractivity (Wildman–Crippen MR) is 119 cm³/mol. The van der Waals surface area contributed by atoms with Crippen LogP contribution < -0.4 is 20.1 Å². The molecule has 0 radical (unpaired) electrons. The van der Waals surface area contributed by atoms with Crippen LogP contribution in [-0.2, 0) is 17.9 Å². The topological polar surface area (TPSA) is 78.7 Å². The number of aryl methyl sites for hydroxylation is 1. The Morgan fingerprint density at radius 1 is 1.15 bits per heavy atom. The molecule has 0 N–H and O–H groups in total. The summed E-state index contributed by atoms with van der Waals surface area (Å²) in [6, 6.07) is 7.20. The van der Waals surface area contributed by atoms with Crippen LogP contribution in [0, 0.1) is 18.6 Å². The second-order valence-electron chi connectivity index (χ2n) is 8.63. The molecule has 2 aromatic heterocycles. The number of rotatable bonds is 5. The molecule has 0 bridgehead atoms. The van der Waals surface area contributed by atoms with Gasteiger partial charge in [-0.3, -0.25) is 9.55 Å². The van der Waals surface area contributed by atoms with Gasteiger partial charge in [-0.15, -0.1) is 0 Å². The van der Waals surface area contributed by atoms with Gasteiger partial charge >= 0.3 is 5.69 Å². The minimum absolute atomic E-state index is 0.0964. The van der Waals surface area contributed by atoms with E-state index in [-0.39, 0.29) is 29.3 Å². The number of anilines is 1. The number of aromatic nitrogens is 3. The Labute approximate surface area is 194 Å². The third-order valence-electron chi connectivity index (χ3n) is 6.45. The standard InChI is InChI=1S/C24H24F2N4O4/c1-15-3-4-17(12-27-15)34-22-18(25)9-16(10-19(22)26)13-33-20-11-21-29(2)24(5-7-32-8-6-24)14-30(21)23(31)28-20/h3-4,9-12H,5-8,13-14H2,1-2H3. The molecule has 1 saturated heterocycles. The molecule has 1 spiro atoms. The molecule has 0 amide bonds. The van der Waals surface area contributed by atoms with E-state index < -0.39 is 23.1 Å². The van der Waals surface area contributed by atoms with Crippen LogP contribution in [0.25, 0.3) is 0 Å². The van der Waals surface area contributed by atoms with E-state index in [9.17, 15) is 13.6 Å². The van der Waals surface area contributed by atoms with Crippen LogP contribution in [0.3, 0.4) is 0 Å². The Morgan fingerprint density at radius 3 is 2.56 bits per heavy atom. The van der Waals surface area contributed by atoms with Crippen molar-refractivity contribution in [3.05, 3.63) is 69.9 Å². The molecule has 1 fully saturated rings. The molecule has 10 heteroatoms. The van der Waals surface area contributed by atoms with Crippen molar-refractivity contribution in [3.8, 4) is 17.4 Å². The van der Waals surface area contributed by atoms with E-state index in [1.54, 1.807) is 29.7 Å². The smallest absolute Gasteiger partial charge is 0.352 e. The molecule has 0 saturated carbocycles. The van der Waals surface area contributed by atoms with E-state index in [0.29, 0.717) is 25.6 Å². The molecule has 0 unspecified atom stereocenters. The maximum Gasteiger partial charge on any atom is 0.352 e. The number of benzene rings is 1. The lowest BCUT2D eigenvalue weighted by Crippen LogP contribution is -2.49. The molecule has 0 atom stereocenters. The fourth-order valence-corrected chi connectivity index (χ4v) is 4.44. The molecule has 34 heavy (non-hydrogen) atoms. The van der Waals surface area contributed by atoms with Gasteiger partial charge in [0, 0.05) is 32.0 Å². The Hall–Kier alpha value is -3.53. The minimum Gasteiger partial charge on any atom is -0.473 e. The molecule has 1 aromatic carbocycles. The van der Waals surface area contributed by atoms with Crippen LogP contribution in [0.1, 0.15) is 24.1 Å². The van der Waals surface area contributed by atoms with Crippen molar-refractivity contribution in [3.63, 3.8) is 0 Å². The van der Waals surface area contributed by atoms with Crippen LogP contribution >= 0.6 is 0 Å². The molecule has 0 aliphatic carbocycles. The molecule has 178 valence electrons. The van der Waals surface area contributed by atoms with E-state index >= 15 is 0 Å². The van der Waals surface area contributed by atoms with Gasteiger partial charge in [-0.25, -0.2) is 13.6 Å². The maximum absolute atomic E-state index is 14.6. The van der Waals surface area contributed by atoms with Crippen LogP contribution in [-0.4, -0.2) is 40.3 Å². The molecule has 3 aromatic rings. The van der Waals surface area contributed by atoms with Crippen molar-refractivity contribution >= 4 is 5.82 Å². The zero-order chi connectivity index (χ0) is 23.9. The van der Waals surface area contributed by atoms with E-state index in [4.69, 9.17) is 14.2 Å². The molecular weight excluding hydrogens is 446 g/mol. The highest BCUT2D eigenvalue weighted by atomic mass is 19.1. The van der Waals surface area contributed by atoms with Gasteiger partial charge in [0.1, 0.15) is 18.2 Å². The highest BCUT2D eigenvalue weighted by Crippen LogP contribution is 2.39. The number of fused-ring (bicyclic) bond motifs is 1. The van der Waals surface area contributed by atoms with Crippen molar-refractivity contribution in [2.45, 2.75) is 38.5 Å². The lowest BCUT2D eigenvalue weighted by atomic mass is 9.89. The van der Waals surface area contributed by atoms with Gasteiger partial charge in [0.15, 0.2) is 17.4 Å². The normalized spacial score (nSPS) is 16.5. The zero-order valence-electron chi connectivity index (χ0n) is 18.9. The van der Waals surface area contributed by atoms with Gasteiger partial charge in [-0.1, -0.05) is 0 Å². The lowest BCUT2D eigenvalue weighted by Gasteiger charge is -2.39. The Balaban J connectivity index is 1.32. The number of likely N-dealkylation sites (N-methyl/N-ethyl adjacent to an activating group) is 1. The summed E-state index contributed by atoms with van der Waals surface area (Å²) in [5, 5.41) is 0. The summed E-state index contributed by atoms with van der Waals surface area (Å²) < 4.78 is 47.2. The highest BCUT2D eigenvalue weighted by molar-refractivity contribution is 5.49. The first-order valence-corrected chi connectivity index (χ1v) is 11.0. The first-order chi connectivity index (χ1) is 16.3. The fourth-order valence-electron chi connectivity index (χ4n) is 4.44. The fraction of sp³-hybridized carbons (Fsp3) is 0.375. The Morgan fingerprint density at radius 2 is 1.88 bits per heavy atom. The van der Waals surface area contributed by atoms with E-state index in [0.717, 1.165) is 30.7 Å². The monoisotopic (exact) mass is 470 g/mol. The lowest BCUT2D eigenvalue weighted by molar-refractivity contribution is 0.0508. The minimum atomic E-state index is -0.873. The number of hydrogen-bond acceptors (Lipinski definition) is 7. The average Bonchev–Trinajstić information content (AvgIpc) is 3.08. The van der Waals surface area contributed by atoms with E-state index in [1.807, 2.05) is 7.05 Å². The second-order valence-corrected chi connectivity index (χ2v) is 8.63. The van der Waals surface area contributed by atoms with Crippen molar-refractivity contribution < 1.29 is 23.0 Å². The number of pyridine rings is 1. The SMILES string of the molecule is Cc1ccc(Oc2c(F)cc(COc3cc4n(c(=O)n3)CC3(CCOCC3)N4C)cc2F)cn1. The average molecular weight is 470 g/mol. The summed E-state index contributed by atoms with van der Waals surface area (Å²) in [5.74, 6) is -1.25. The number of ether oxygens (including phenoxy) is 3. The van der Waals surface area contributed by atoms with Gasteiger partial charge in [-0.2, -0.15) is 4.98 Å². The van der Waals surface area contributed by atoms with Crippen LogP contribution in [0.15, 0.2) is 41.3 Å². The Bertz CT molecular complexity index is 1250. The predicted octanol–water partition coefficient (Wildman–Crippen LogP) is 3.60. The second kappa shape index (κ2) is 8.68. The summed E-state index contributed by atoms with van der Waals surface area (Å²) in [4.78, 5) is 22.8. The number of nitrogens with zero attached hydrogens (tertiary/aromatic N) is 4.